The second-order valence-electron chi connectivity index (χ2n) is 4.59. The number of rotatable bonds is 4. The second-order valence-corrected chi connectivity index (χ2v) is 4.59. The first-order valence-electron chi connectivity index (χ1n) is 6.36. The van der Waals surface area contributed by atoms with E-state index in [-0.39, 0.29) is 0 Å². The highest BCUT2D eigenvalue weighted by molar-refractivity contribution is 5.95. The van der Waals surface area contributed by atoms with Crippen LogP contribution in [0.3, 0.4) is 0 Å². The quantitative estimate of drug-likeness (QED) is 0.798. The number of nitrogens with one attached hydrogen (secondary N) is 1. The van der Waals surface area contributed by atoms with Crippen molar-refractivity contribution < 1.29 is 14.3 Å². The number of aromatic nitrogens is 1. The van der Waals surface area contributed by atoms with Gasteiger partial charge in [-0.25, -0.2) is 9.78 Å². The maximum Gasteiger partial charge on any atom is 0.340 e. The summed E-state index contributed by atoms with van der Waals surface area (Å²) in [5, 5.41) is 3.23. The summed E-state index contributed by atoms with van der Waals surface area (Å²) in [6.45, 7) is 2.45. The number of pyridine rings is 1. The molecule has 104 valence electrons. The molecule has 1 aromatic rings. The Hall–Kier alpha value is -1.82. The van der Waals surface area contributed by atoms with Gasteiger partial charge in [-0.15, -0.1) is 0 Å². The highest BCUT2D eigenvalue weighted by Gasteiger charge is 2.15. The largest absolute Gasteiger partial charge is 0.465 e. The Morgan fingerprint density at radius 1 is 1.58 bits per heavy atom. The van der Waals surface area contributed by atoms with Crippen molar-refractivity contribution in [2.75, 3.05) is 37.9 Å². The van der Waals surface area contributed by atoms with Gasteiger partial charge in [-0.05, 0) is 24.8 Å². The Balaban J connectivity index is 1.98. The SMILES string of the molecule is COC(=O)c1cc(NCC2CCOCC2)ncc1N. The maximum atomic E-state index is 11.5. The summed E-state index contributed by atoms with van der Waals surface area (Å²) in [5.41, 5.74) is 6.36. The third-order valence-electron chi connectivity index (χ3n) is 3.25. The van der Waals surface area contributed by atoms with Gasteiger partial charge in [0.05, 0.1) is 24.6 Å². The van der Waals surface area contributed by atoms with Gasteiger partial charge in [-0.3, -0.25) is 0 Å². The summed E-state index contributed by atoms with van der Waals surface area (Å²) >= 11 is 0. The molecular formula is C13H19N3O3. The Bertz CT molecular complexity index is 445. The lowest BCUT2D eigenvalue weighted by atomic mass is 10.0. The van der Waals surface area contributed by atoms with Crippen molar-refractivity contribution in [3.05, 3.63) is 17.8 Å². The number of esters is 1. The zero-order valence-electron chi connectivity index (χ0n) is 11.0. The fourth-order valence-electron chi connectivity index (χ4n) is 2.05. The number of nitrogen functional groups attached to an aromatic ring is 1. The van der Waals surface area contributed by atoms with E-state index in [4.69, 9.17) is 10.5 Å². The summed E-state index contributed by atoms with van der Waals surface area (Å²) in [5.74, 6) is 0.768. The van der Waals surface area contributed by atoms with E-state index in [0.717, 1.165) is 32.6 Å². The van der Waals surface area contributed by atoms with Crippen molar-refractivity contribution in [2.45, 2.75) is 12.8 Å². The predicted molar refractivity (Wildman–Crippen MR) is 72.0 cm³/mol. The van der Waals surface area contributed by atoms with Gasteiger partial charge in [0.2, 0.25) is 0 Å². The Morgan fingerprint density at radius 2 is 2.32 bits per heavy atom. The second kappa shape index (κ2) is 6.38. The van der Waals surface area contributed by atoms with Crippen LogP contribution in [-0.2, 0) is 9.47 Å². The molecule has 0 unspecified atom stereocenters. The first-order chi connectivity index (χ1) is 9.20. The molecule has 1 fully saturated rings. The molecule has 1 saturated heterocycles. The van der Waals surface area contributed by atoms with Gasteiger partial charge in [0.15, 0.2) is 0 Å². The molecule has 2 rings (SSSR count). The number of carbonyl (C=O) groups excluding carboxylic acids is 1. The van der Waals surface area contributed by atoms with Crippen LogP contribution in [0.4, 0.5) is 11.5 Å². The molecule has 0 aliphatic carbocycles. The number of nitrogens with zero attached hydrogens (tertiary/aromatic N) is 1. The third-order valence-corrected chi connectivity index (χ3v) is 3.25. The first kappa shape index (κ1) is 13.6. The number of methoxy groups -OCH3 is 1. The van der Waals surface area contributed by atoms with Crippen LogP contribution in [0.1, 0.15) is 23.2 Å². The molecule has 0 amide bonds. The van der Waals surface area contributed by atoms with Crippen LogP contribution in [-0.4, -0.2) is 37.8 Å². The van der Waals surface area contributed by atoms with Crippen LogP contribution in [0.5, 0.6) is 0 Å². The van der Waals surface area contributed by atoms with E-state index in [1.807, 2.05) is 0 Å². The van der Waals surface area contributed by atoms with Crippen molar-refractivity contribution in [2.24, 2.45) is 5.92 Å². The van der Waals surface area contributed by atoms with Gasteiger partial charge in [0, 0.05) is 19.8 Å². The molecule has 0 aromatic carbocycles. The summed E-state index contributed by atoms with van der Waals surface area (Å²) < 4.78 is 9.99. The minimum atomic E-state index is -0.450. The molecule has 19 heavy (non-hydrogen) atoms. The van der Waals surface area contributed by atoms with Crippen LogP contribution >= 0.6 is 0 Å². The van der Waals surface area contributed by atoms with Crippen LogP contribution < -0.4 is 11.1 Å². The van der Waals surface area contributed by atoms with Crippen molar-refractivity contribution in [3.8, 4) is 0 Å². The van der Waals surface area contributed by atoms with E-state index >= 15 is 0 Å². The molecule has 2 heterocycles. The van der Waals surface area contributed by atoms with E-state index in [1.54, 1.807) is 6.07 Å². The smallest absolute Gasteiger partial charge is 0.340 e. The lowest BCUT2D eigenvalue weighted by Gasteiger charge is -2.22. The predicted octanol–water partition coefficient (Wildman–Crippen LogP) is 1.29. The van der Waals surface area contributed by atoms with E-state index in [9.17, 15) is 4.79 Å². The Kier molecular flexibility index (Phi) is 4.57. The van der Waals surface area contributed by atoms with Crippen LogP contribution in [0.2, 0.25) is 0 Å². The average molecular weight is 265 g/mol. The van der Waals surface area contributed by atoms with E-state index in [1.165, 1.54) is 13.3 Å². The number of anilines is 2. The third kappa shape index (κ3) is 3.57. The molecule has 0 saturated carbocycles. The molecule has 0 radical (unpaired) electrons. The summed E-state index contributed by atoms with van der Waals surface area (Å²) in [6, 6.07) is 1.63. The molecule has 1 aliphatic heterocycles. The van der Waals surface area contributed by atoms with Crippen LogP contribution in [0, 0.1) is 5.92 Å². The molecular weight excluding hydrogens is 246 g/mol. The number of hydrogen-bond acceptors (Lipinski definition) is 6. The van der Waals surface area contributed by atoms with Crippen molar-refractivity contribution in [1.29, 1.82) is 0 Å². The van der Waals surface area contributed by atoms with E-state index in [0.29, 0.717) is 23.0 Å². The number of hydrogen-bond donors (Lipinski definition) is 2. The molecule has 6 heteroatoms. The van der Waals surface area contributed by atoms with Crippen LogP contribution in [0.15, 0.2) is 12.3 Å². The van der Waals surface area contributed by atoms with E-state index in [2.05, 4.69) is 15.0 Å². The standard InChI is InChI=1S/C13H19N3O3/c1-18-13(17)10-6-12(16-8-11(10)14)15-7-9-2-4-19-5-3-9/h6,8-9H,2-5,7,14H2,1H3,(H,15,16). The monoisotopic (exact) mass is 265 g/mol. The normalized spacial score (nSPS) is 16.1. The Labute approximate surface area is 112 Å². The maximum absolute atomic E-state index is 11.5. The fraction of sp³-hybridized carbons (Fsp3) is 0.538. The van der Waals surface area contributed by atoms with Gasteiger partial charge in [0.25, 0.3) is 0 Å². The zero-order chi connectivity index (χ0) is 13.7. The molecule has 3 N–H and O–H groups in total. The minimum Gasteiger partial charge on any atom is -0.465 e. The van der Waals surface area contributed by atoms with Crippen molar-refractivity contribution in [1.82, 2.24) is 4.98 Å². The molecule has 1 aliphatic rings. The lowest BCUT2D eigenvalue weighted by Crippen LogP contribution is -2.23. The van der Waals surface area contributed by atoms with Gasteiger partial charge in [-0.2, -0.15) is 0 Å². The highest BCUT2D eigenvalue weighted by atomic mass is 16.5. The van der Waals surface area contributed by atoms with Crippen LogP contribution in [0.25, 0.3) is 0 Å². The van der Waals surface area contributed by atoms with E-state index < -0.39 is 5.97 Å². The number of ether oxygens (including phenoxy) is 2. The van der Waals surface area contributed by atoms with Gasteiger partial charge in [-0.1, -0.05) is 0 Å². The molecule has 1 aromatic heterocycles. The van der Waals surface area contributed by atoms with Crippen molar-refractivity contribution >= 4 is 17.5 Å². The van der Waals surface area contributed by atoms with Gasteiger partial charge < -0.3 is 20.5 Å². The minimum absolute atomic E-state index is 0.323. The number of carbonyl (C=O) groups is 1. The topological polar surface area (TPSA) is 86.5 Å². The molecule has 0 spiro atoms. The molecule has 0 bridgehead atoms. The Morgan fingerprint density at radius 3 is 3.00 bits per heavy atom. The van der Waals surface area contributed by atoms with Crippen molar-refractivity contribution in [3.63, 3.8) is 0 Å². The number of nitrogens with two attached hydrogens (primary N) is 1. The summed E-state index contributed by atoms with van der Waals surface area (Å²) in [6.07, 6.45) is 3.57. The lowest BCUT2D eigenvalue weighted by molar-refractivity contribution is 0.0602. The molecule has 6 nitrogen and oxygen atoms in total. The molecule has 0 atom stereocenters. The average Bonchev–Trinajstić information content (AvgIpc) is 2.46. The first-order valence-corrected chi connectivity index (χ1v) is 6.36. The fourth-order valence-corrected chi connectivity index (χ4v) is 2.05. The van der Waals surface area contributed by atoms with Gasteiger partial charge in [0.1, 0.15) is 5.82 Å². The highest BCUT2D eigenvalue weighted by Crippen LogP contribution is 2.18. The van der Waals surface area contributed by atoms with Gasteiger partial charge >= 0.3 is 5.97 Å². The zero-order valence-corrected chi connectivity index (χ0v) is 11.0. The summed E-state index contributed by atoms with van der Waals surface area (Å²) in [7, 11) is 1.33. The summed E-state index contributed by atoms with van der Waals surface area (Å²) in [4.78, 5) is 15.7.